The molecule has 4 rings (SSSR count). The summed E-state index contributed by atoms with van der Waals surface area (Å²) in [5, 5.41) is 2.88. The Balaban J connectivity index is 1.60. The number of hydrogen-bond donors (Lipinski definition) is 1. The van der Waals surface area contributed by atoms with Crippen LogP contribution in [0.15, 0.2) is 43.0 Å². The highest BCUT2D eigenvalue weighted by molar-refractivity contribution is 6.00. The maximum atomic E-state index is 14.2. The second-order valence-electron chi connectivity index (χ2n) is 8.24. The minimum Gasteiger partial charge on any atom is -0.352 e. The molecule has 12 heteroatoms. The first-order valence-electron chi connectivity index (χ1n) is 10.9. The number of halogens is 5. The highest BCUT2D eigenvalue weighted by atomic mass is 19.4. The van der Waals surface area contributed by atoms with Crippen molar-refractivity contribution in [3.05, 3.63) is 65.7 Å². The Labute approximate surface area is 197 Å². The molecule has 2 atom stereocenters. The lowest BCUT2D eigenvalue weighted by Crippen LogP contribution is -2.51. The lowest BCUT2D eigenvalue weighted by atomic mass is 9.89. The topological polar surface area (TPSA) is 83.9 Å². The molecule has 1 aliphatic heterocycles. The molecule has 184 valence electrons. The van der Waals surface area contributed by atoms with Gasteiger partial charge in [0.2, 0.25) is 5.95 Å². The van der Waals surface area contributed by atoms with Gasteiger partial charge < -0.3 is 10.2 Å². The summed E-state index contributed by atoms with van der Waals surface area (Å²) in [5.41, 5.74) is -0.995. The third kappa shape index (κ3) is 5.36. The quantitative estimate of drug-likeness (QED) is 0.525. The molecule has 1 saturated heterocycles. The Hall–Kier alpha value is -3.70. The first kappa shape index (κ1) is 24.4. The minimum atomic E-state index is -4.55. The fourth-order valence-electron chi connectivity index (χ4n) is 4.08. The first-order chi connectivity index (χ1) is 16.6. The number of likely N-dealkylation sites (tertiary alicyclic amines) is 1. The molecule has 3 aromatic rings. The number of aromatic nitrogens is 4. The Morgan fingerprint density at radius 3 is 2.40 bits per heavy atom. The monoisotopic (exact) mass is 492 g/mol. The van der Waals surface area contributed by atoms with Crippen LogP contribution in [-0.4, -0.2) is 49.9 Å². The van der Waals surface area contributed by atoms with E-state index in [0.29, 0.717) is 25.4 Å². The highest BCUT2D eigenvalue weighted by Gasteiger charge is 2.35. The van der Waals surface area contributed by atoms with Crippen molar-refractivity contribution in [2.45, 2.75) is 32.0 Å². The fourth-order valence-corrected chi connectivity index (χ4v) is 4.08. The maximum Gasteiger partial charge on any atom is 0.419 e. The van der Waals surface area contributed by atoms with Gasteiger partial charge in [0, 0.05) is 43.4 Å². The van der Waals surface area contributed by atoms with E-state index >= 15 is 0 Å². The molecule has 1 aromatic carbocycles. The van der Waals surface area contributed by atoms with Gasteiger partial charge >= 0.3 is 6.18 Å². The van der Waals surface area contributed by atoms with Gasteiger partial charge in [0.15, 0.2) is 17.5 Å². The van der Waals surface area contributed by atoms with Gasteiger partial charge in [0.1, 0.15) is 0 Å². The summed E-state index contributed by atoms with van der Waals surface area (Å²) in [6.07, 6.45) is 1.16. The van der Waals surface area contributed by atoms with Crippen LogP contribution in [0.4, 0.5) is 27.9 Å². The molecule has 7 nitrogen and oxygen atoms in total. The van der Waals surface area contributed by atoms with Crippen LogP contribution in [0, 0.1) is 17.6 Å². The number of carbonyl (C=O) groups excluding carboxylic acids is 1. The molecule has 1 amide bonds. The molecule has 0 aliphatic carbocycles. The number of hydrogen-bond acceptors (Lipinski definition) is 6. The van der Waals surface area contributed by atoms with Gasteiger partial charge in [0.05, 0.1) is 17.2 Å². The zero-order valence-corrected chi connectivity index (χ0v) is 18.6. The summed E-state index contributed by atoms with van der Waals surface area (Å²) in [7, 11) is 0. The van der Waals surface area contributed by atoms with E-state index in [1.807, 2.05) is 6.92 Å². The molecule has 0 radical (unpaired) electrons. The van der Waals surface area contributed by atoms with Crippen molar-refractivity contribution in [2.24, 2.45) is 5.92 Å². The van der Waals surface area contributed by atoms with E-state index < -0.39 is 35.3 Å². The third-order valence-corrected chi connectivity index (χ3v) is 5.92. The SMILES string of the molecule is CC1CCCN(C(=O)c2cc(F)c(F)cc2-c2ncccn2)[C@@H]1CNc1ncc(C(F)(F)F)cn1. The molecule has 2 aromatic heterocycles. The second-order valence-corrected chi connectivity index (χ2v) is 8.24. The zero-order valence-electron chi connectivity index (χ0n) is 18.6. The second kappa shape index (κ2) is 9.88. The summed E-state index contributed by atoms with van der Waals surface area (Å²) in [6, 6.07) is 2.89. The molecule has 1 fully saturated rings. The van der Waals surface area contributed by atoms with Crippen molar-refractivity contribution in [3.8, 4) is 11.4 Å². The normalized spacial score (nSPS) is 18.4. The molecule has 1 N–H and O–H groups in total. The molecule has 0 spiro atoms. The van der Waals surface area contributed by atoms with Crippen LogP contribution in [-0.2, 0) is 6.18 Å². The van der Waals surface area contributed by atoms with E-state index in [1.165, 1.54) is 12.4 Å². The zero-order chi connectivity index (χ0) is 25.2. The lowest BCUT2D eigenvalue weighted by Gasteiger charge is -2.40. The van der Waals surface area contributed by atoms with E-state index in [9.17, 15) is 26.7 Å². The molecule has 35 heavy (non-hydrogen) atoms. The number of piperidine rings is 1. The minimum absolute atomic E-state index is 0.0105. The maximum absolute atomic E-state index is 14.2. The van der Waals surface area contributed by atoms with Crippen LogP contribution in [0.3, 0.4) is 0 Å². The van der Waals surface area contributed by atoms with E-state index in [0.717, 1.165) is 18.6 Å². The standard InChI is InChI=1S/C23H21F5N6O/c1-13-4-2-7-34(19(13)12-33-22-31-10-14(11-32-22)23(26,27)28)21(35)16-9-18(25)17(24)8-15(16)20-29-5-3-6-30-20/h3,5-6,8-11,13,19H,2,4,7,12H2,1H3,(H,31,32,33)/t13?,19-/m1/s1. The van der Waals surface area contributed by atoms with Gasteiger partial charge in [0.25, 0.3) is 5.91 Å². The van der Waals surface area contributed by atoms with Crippen molar-refractivity contribution in [3.63, 3.8) is 0 Å². The van der Waals surface area contributed by atoms with Crippen LogP contribution in [0.25, 0.3) is 11.4 Å². The van der Waals surface area contributed by atoms with Gasteiger partial charge in [-0.15, -0.1) is 0 Å². The van der Waals surface area contributed by atoms with E-state index in [-0.39, 0.29) is 35.4 Å². The number of carbonyl (C=O) groups is 1. The molecular weight excluding hydrogens is 471 g/mol. The van der Waals surface area contributed by atoms with Gasteiger partial charge in [-0.2, -0.15) is 13.2 Å². The summed E-state index contributed by atoms with van der Waals surface area (Å²) in [6.45, 7) is 2.45. The first-order valence-corrected chi connectivity index (χ1v) is 10.9. The van der Waals surface area contributed by atoms with Crippen molar-refractivity contribution in [1.29, 1.82) is 0 Å². The summed E-state index contributed by atoms with van der Waals surface area (Å²) < 4.78 is 66.5. The largest absolute Gasteiger partial charge is 0.419 e. The number of alkyl halides is 3. The van der Waals surface area contributed by atoms with Crippen LogP contribution in [0.5, 0.6) is 0 Å². The van der Waals surface area contributed by atoms with E-state index in [1.54, 1.807) is 11.0 Å². The predicted molar refractivity (Wildman–Crippen MR) is 116 cm³/mol. The van der Waals surface area contributed by atoms with Crippen LogP contribution < -0.4 is 5.32 Å². The number of rotatable bonds is 5. The number of anilines is 1. The van der Waals surface area contributed by atoms with E-state index in [2.05, 4.69) is 25.3 Å². The molecule has 0 saturated carbocycles. The predicted octanol–water partition coefficient (Wildman–Crippen LogP) is 4.58. The smallest absolute Gasteiger partial charge is 0.352 e. The van der Waals surface area contributed by atoms with Gasteiger partial charge in [-0.3, -0.25) is 4.79 Å². The van der Waals surface area contributed by atoms with Gasteiger partial charge in [-0.1, -0.05) is 6.92 Å². The highest BCUT2D eigenvalue weighted by Crippen LogP contribution is 2.30. The molecule has 0 bridgehead atoms. The molecular formula is C23H21F5N6O. The number of amides is 1. The fraction of sp³-hybridized carbons (Fsp3) is 0.348. The van der Waals surface area contributed by atoms with Crippen LogP contribution in [0.1, 0.15) is 35.7 Å². The van der Waals surface area contributed by atoms with Crippen molar-refractivity contribution in [2.75, 3.05) is 18.4 Å². The number of benzene rings is 1. The number of nitrogens with one attached hydrogen (secondary N) is 1. The lowest BCUT2D eigenvalue weighted by molar-refractivity contribution is -0.138. The van der Waals surface area contributed by atoms with Crippen LogP contribution in [0.2, 0.25) is 0 Å². The van der Waals surface area contributed by atoms with Gasteiger partial charge in [-0.25, -0.2) is 28.7 Å². The average Bonchev–Trinajstić information content (AvgIpc) is 2.84. The summed E-state index contributed by atoms with van der Waals surface area (Å²) >= 11 is 0. The molecule has 1 aliphatic rings. The summed E-state index contributed by atoms with van der Waals surface area (Å²) in [4.78, 5) is 30.7. The van der Waals surface area contributed by atoms with Gasteiger partial charge in [-0.05, 0) is 37.0 Å². The van der Waals surface area contributed by atoms with E-state index in [4.69, 9.17) is 0 Å². The van der Waals surface area contributed by atoms with Crippen molar-refractivity contribution < 1.29 is 26.7 Å². The Morgan fingerprint density at radius 1 is 1.09 bits per heavy atom. The average molecular weight is 492 g/mol. The van der Waals surface area contributed by atoms with Crippen molar-refractivity contribution in [1.82, 2.24) is 24.8 Å². The summed E-state index contributed by atoms with van der Waals surface area (Å²) in [5.74, 6) is -2.77. The van der Waals surface area contributed by atoms with Crippen LogP contribution >= 0.6 is 0 Å². The Kier molecular flexibility index (Phi) is 6.90. The number of nitrogens with zero attached hydrogens (tertiary/aromatic N) is 5. The Morgan fingerprint density at radius 2 is 1.74 bits per heavy atom. The molecule has 3 heterocycles. The van der Waals surface area contributed by atoms with Crippen molar-refractivity contribution >= 4 is 11.9 Å². The third-order valence-electron chi connectivity index (χ3n) is 5.92. The molecule has 1 unspecified atom stereocenters. The Bertz CT molecular complexity index is 1190.